The molecule has 4 nitrogen and oxygen atoms in total. The second-order valence-electron chi connectivity index (χ2n) is 6.09. The molecule has 1 saturated heterocycles. The fourth-order valence-corrected chi connectivity index (χ4v) is 4.51. The van der Waals surface area contributed by atoms with Gasteiger partial charge in [0.1, 0.15) is 16.7 Å². The number of amides is 1. The van der Waals surface area contributed by atoms with Crippen molar-refractivity contribution in [3.63, 3.8) is 0 Å². The number of ether oxygens (including phenoxy) is 2. The third-order valence-electron chi connectivity index (χ3n) is 4.15. The van der Waals surface area contributed by atoms with Crippen molar-refractivity contribution in [2.24, 2.45) is 0 Å². The number of hydrogen-bond acceptors (Lipinski definition) is 5. The summed E-state index contributed by atoms with van der Waals surface area (Å²) >= 11 is 10.1. The number of carbonyl (C=O) groups excluding carboxylic acids is 1. The average molecular weight is 496 g/mol. The van der Waals surface area contributed by atoms with Gasteiger partial charge in [-0.3, -0.25) is 9.69 Å². The van der Waals surface area contributed by atoms with Gasteiger partial charge in [0.25, 0.3) is 5.91 Å². The zero-order valence-electron chi connectivity index (χ0n) is 15.9. The lowest BCUT2D eigenvalue weighted by molar-refractivity contribution is -0.121. The van der Waals surface area contributed by atoms with Crippen LogP contribution in [0.1, 0.15) is 25.0 Å². The average Bonchev–Trinajstić information content (AvgIpc) is 2.97. The molecule has 0 unspecified atom stereocenters. The number of nitrogens with zero attached hydrogens (tertiary/aromatic N) is 1. The third-order valence-corrected chi connectivity index (χ3v) is 6.21. The highest BCUT2D eigenvalue weighted by Crippen LogP contribution is 2.38. The molecule has 0 atom stereocenters. The number of hydrogen-bond donors (Lipinski definition) is 0. The molecule has 1 aliphatic heterocycles. The van der Waals surface area contributed by atoms with Crippen molar-refractivity contribution in [3.05, 3.63) is 62.7 Å². The van der Waals surface area contributed by atoms with Crippen molar-refractivity contribution in [2.75, 3.05) is 13.2 Å². The molecule has 0 saturated carbocycles. The van der Waals surface area contributed by atoms with Gasteiger partial charge in [-0.15, -0.1) is 0 Å². The number of rotatable bonds is 7. The molecular weight excluding hydrogens is 477 g/mol. The number of thiocarbonyl (C=S) groups is 1. The molecule has 2 aromatic carbocycles. The van der Waals surface area contributed by atoms with E-state index < -0.39 is 0 Å². The lowest BCUT2D eigenvalue weighted by Gasteiger charge is -2.14. The quantitative estimate of drug-likeness (QED) is 0.359. The topological polar surface area (TPSA) is 38.8 Å². The van der Waals surface area contributed by atoms with Crippen LogP contribution < -0.4 is 9.47 Å². The predicted octanol–water partition coefficient (Wildman–Crippen LogP) is 5.79. The highest BCUT2D eigenvalue weighted by Gasteiger charge is 2.30. The molecule has 1 heterocycles. The van der Waals surface area contributed by atoms with E-state index in [2.05, 4.69) is 15.9 Å². The summed E-state index contributed by atoms with van der Waals surface area (Å²) < 4.78 is 26.0. The van der Waals surface area contributed by atoms with Gasteiger partial charge in [-0.05, 0) is 55.3 Å². The van der Waals surface area contributed by atoms with E-state index in [0.717, 1.165) is 15.6 Å². The number of thioether (sulfide) groups is 1. The van der Waals surface area contributed by atoms with Gasteiger partial charge in [0.2, 0.25) is 0 Å². The second-order valence-corrected chi connectivity index (χ2v) is 8.62. The first-order chi connectivity index (χ1) is 13.9. The Morgan fingerprint density at radius 1 is 1.17 bits per heavy atom. The highest BCUT2D eigenvalue weighted by atomic mass is 79.9. The van der Waals surface area contributed by atoms with E-state index in [-0.39, 0.29) is 18.3 Å². The van der Waals surface area contributed by atoms with Gasteiger partial charge in [-0.1, -0.05) is 52.0 Å². The molecule has 0 spiro atoms. The Bertz CT molecular complexity index is 963. The van der Waals surface area contributed by atoms with Gasteiger partial charge in [-0.25, -0.2) is 4.39 Å². The van der Waals surface area contributed by atoms with Gasteiger partial charge in [0.15, 0.2) is 11.5 Å². The molecule has 3 rings (SSSR count). The van der Waals surface area contributed by atoms with Crippen LogP contribution in [-0.2, 0) is 11.4 Å². The summed E-state index contributed by atoms with van der Waals surface area (Å²) in [5.41, 5.74) is 1.64. The summed E-state index contributed by atoms with van der Waals surface area (Å²) in [7, 11) is 0. The normalized spacial score (nSPS) is 15.3. The van der Waals surface area contributed by atoms with Gasteiger partial charge < -0.3 is 9.47 Å². The predicted molar refractivity (Wildman–Crippen MR) is 122 cm³/mol. The van der Waals surface area contributed by atoms with E-state index in [1.807, 2.05) is 19.9 Å². The molecule has 1 fully saturated rings. The first kappa shape index (κ1) is 21.8. The molecule has 0 radical (unpaired) electrons. The first-order valence-corrected chi connectivity index (χ1v) is 11.0. The SMILES string of the molecule is CCOc1cc(C=C2SC(=S)N(CC)C2=O)c(Br)cc1OCc1ccc(F)cc1. The summed E-state index contributed by atoms with van der Waals surface area (Å²) in [4.78, 5) is 14.6. The van der Waals surface area contributed by atoms with Crippen molar-refractivity contribution in [3.8, 4) is 11.5 Å². The summed E-state index contributed by atoms with van der Waals surface area (Å²) in [6, 6.07) is 9.78. The van der Waals surface area contributed by atoms with Gasteiger partial charge in [-0.2, -0.15) is 0 Å². The highest BCUT2D eigenvalue weighted by molar-refractivity contribution is 9.10. The number of halogens is 2. The van der Waals surface area contributed by atoms with Crippen LogP contribution in [0.2, 0.25) is 0 Å². The Morgan fingerprint density at radius 3 is 2.48 bits per heavy atom. The van der Waals surface area contributed by atoms with Gasteiger partial charge in [0, 0.05) is 11.0 Å². The maximum absolute atomic E-state index is 13.1. The molecular formula is C21H19BrFNO3S2. The summed E-state index contributed by atoms with van der Waals surface area (Å²) in [6.07, 6.45) is 1.80. The van der Waals surface area contributed by atoms with Crippen LogP contribution in [0.15, 0.2) is 45.8 Å². The van der Waals surface area contributed by atoms with Crippen LogP contribution >= 0.6 is 39.9 Å². The van der Waals surface area contributed by atoms with E-state index in [9.17, 15) is 9.18 Å². The molecule has 0 aliphatic carbocycles. The van der Waals surface area contributed by atoms with E-state index in [1.54, 1.807) is 29.2 Å². The molecule has 152 valence electrons. The summed E-state index contributed by atoms with van der Waals surface area (Å²) in [5, 5.41) is 0. The minimum atomic E-state index is -0.288. The van der Waals surface area contributed by atoms with Crippen LogP contribution in [0.25, 0.3) is 6.08 Å². The molecule has 0 N–H and O–H groups in total. The monoisotopic (exact) mass is 495 g/mol. The minimum Gasteiger partial charge on any atom is -0.490 e. The summed E-state index contributed by atoms with van der Waals surface area (Å²) in [5.74, 6) is 0.740. The Morgan fingerprint density at radius 2 is 1.86 bits per heavy atom. The van der Waals surface area contributed by atoms with Crippen LogP contribution in [0, 0.1) is 5.82 Å². The maximum atomic E-state index is 13.1. The van der Waals surface area contributed by atoms with Crippen LogP contribution in [-0.4, -0.2) is 28.3 Å². The number of likely N-dealkylation sites (N-methyl/N-ethyl adjacent to an activating group) is 1. The molecule has 1 amide bonds. The molecule has 1 aliphatic rings. The largest absolute Gasteiger partial charge is 0.490 e. The van der Waals surface area contributed by atoms with E-state index in [4.69, 9.17) is 21.7 Å². The lowest BCUT2D eigenvalue weighted by atomic mass is 10.1. The third kappa shape index (κ3) is 5.18. The Labute approximate surface area is 187 Å². The zero-order chi connectivity index (χ0) is 21.0. The molecule has 0 bridgehead atoms. The van der Waals surface area contributed by atoms with Crippen LogP contribution in [0.4, 0.5) is 4.39 Å². The molecule has 29 heavy (non-hydrogen) atoms. The molecule has 2 aromatic rings. The minimum absolute atomic E-state index is 0.0935. The first-order valence-electron chi connectivity index (χ1n) is 9.01. The number of benzene rings is 2. The maximum Gasteiger partial charge on any atom is 0.266 e. The Hall–Kier alpha value is -1.90. The standard InChI is InChI=1S/C21H19BrFNO3S2/c1-3-24-20(25)19(29-21(24)28)10-14-9-17(26-4-2)18(11-16(14)22)27-12-13-5-7-15(23)8-6-13/h5-11H,3-4,12H2,1-2H3. The van der Waals surface area contributed by atoms with E-state index >= 15 is 0 Å². The van der Waals surface area contributed by atoms with Crippen molar-refractivity contribution in [2.45, 2.75) is 20.5 Å². The van der Waals surface area contributed by atoms with Gasteiger partial charge >= 0.3 is 0 Å². The molecule has 0 aromatic heterocycles. The summed E-state index contributed by atoms with van der Waals surface area (Å²) in [6.45, 7) is 5.07. The second kappa shape index (κ2) is 9.73. The van der Waals surface area contributed by atoms with Gasteiger partial charge in [0.05, 0.1) is 11.5 Å². The zero-order valence-corrected chi connectivity index (χ0v) is 19.1. The van der Waals surface area contributed by atoms with E-state index in [0.29, 0.717) is 33.9 Å². The van der Waals surface area contributed by atoms with Crippen LogP contribution in [0.5, 0.6) is 11.5 Å². The Balaban J connectivity index is 1.86. The Kier molecular flexibility index (Phi) is 7.32. The van der Waals surface area contributed by atoms with Crippen LogP contribution in [0.3, 0.4) is 0 Å². The van der Waals surface area contributed by atoms with Crippen molar-refractivity contribution < 1.29 is 18.7 Å². The van der Waals surface area contributed by atoms with Crippen molar-refractivity contribution >= 4 is 56.2 Å². The van der Waals surface area contributed by atoms with Crippen molar-refractivity contribution in [1.82, 2.24) is 4.90 Å². The fraction of sp³-hybridized carbons (Fsp3) is 0.238. The smallest absolute Gasteiger partial charge is 0.266 e. The lowest BCUT2D eigenvalue weighted by Crippen LogP contribution is -2.27. The van der Waals surface area contributed by atoms with E-state index in [1.165, 1.54) is 23.9 Å². The molecule has 8 heteroatoms. The van der Waals surface area contributed by atoms with Crippen molar-refractivity contribution in [1.29, 1.82) is 0 Å². The fourth-order valence-electron chi connectivity index (χ4n) is 2.70. The number of carbonyl (C=O) groups is 1.